The molecular formula is C16H17Cl2NO5S. The summed E-state index contributed by atoms with van der Waals surface area (Å²) >= 11 is 12.0. The van der Waals surface area contributed by atoms with Crippen LogP contribution in [0.4, 0.5) is 0 Å². The molecule has 0 saturated carbocycles. The molecule has 0 aromatic heterocycles. The standard InChI is InChI=1S/C16H17Cl2NO5S/c1-22-11-4-3-5-12(10-11)24-9-8-19-25(20,21)14-7-6-13(23-2)15(17)16(14)18/h3-7,10,19H,8-9H2,1-2H3. The molecule has 6 nitrogen and oxygen atoms in total. The van der Waals surface area contributed by atoms with Crippen molar-refractivity contribution in [2.75, 3.05) is 27.4 Å². The number of rotatable bonds is 8. The second kappa shape index (κ2) is 8.62. The third-order valence-corrected chi connectivity index (χ3v) is 5.70. The molecule has 0 fully saturated rings. The molecule has 2 aromatic rings. The van der Waals surface area contributed by atoms with E-state index in [4.69, 9.17) is 37.4 Å². The van der Waals surface area contributed by atoms with E-state index in [1.165, 1.54) is 19.2 Å². The van der Waals surface area contributed by atoms with Crippen molar-refractivity contribution in [2.45, 2.75) is 4.90 Å². The van der Waals surface area contributed by atoms with E-state index in [1.54, 1.807) is 31.4 Å². The van der Waals surface area contributed by atoms with E-state index in [1.807, 2.05) is 0 Å². The van der Waals surface area contributed by atoms with Crippen molar-refractivity contribution in [1.29, 1.82) is 0 Å². The molecular weight excluding hydrogens is 389 g/mol. The van der Waals surface area contributed by atoms with Crippen LogP contribution in [0.1, 0.15) is 0 Å². The third kappa shape index (κ3) is 4.92. The molecule has 1 N–H and O–H groups in total. The largest absolute Gasteiger partial charge is 0.497 e. The zero-order chi connectivity index (χ0) is 18.4. The Hall–Kier alpha value is -1.67. The van der Waals surface area contributed by atoms with E-state index in [9.17, 15) is 8.42 Å². The molecule has 0 bridgehead atoms. The molecule has 0 heterocycles. The summed E-state index contributed by atoms with van der Waals surface area (Å²) in [7, 11) is -0.863. The van der Waals surface area contributed by atoms with Gasteiger partial charge in [0.25, 0.3) is 0 Å². The summed E-state index contributed by atoms with van der Waals surface area (Å²) in [5, 5.41) is -0.0538. The van der Waals surface area contributed by atoms with Crippen LogP contribution in [-0.2, 0) is 10.0 Å². The van der Waals surface area contributed by atoms with E-state index in [2.05, 4.69) is 4.72 Å². The predicted octanol–water partition coefficient (Wildman–Crippen LogP) is 3.37. The number of methoxy groups -OCH3 is 2. The molecule has 9 heteroatoms. The van der Waals surface area contributed by atoms with E-state index in [-0.39, 0.29) is 28.1 Å². The highest BCUT2D eigenvalue weighted by molar-refractivity contribution is 7.89. The molecule has 25 heavy (non-hydrogen) atoms. The van der Waals surface area contributed by atoms with E-state index >= 15 is 0 Å². The van der Waals surface area contributed by atoms with Gasteiger partial charge in [0.05, 0.1) is 19.2 Å². The molecule has 0 radical (unpaired) electrons. The van der Waals surface area contributed by atoms with Gasteiger partial charge in [-0.3, -0.25) is 0 Å². The molecule has 2 rings (SSSR count). The molecule has 0 aliphatic rings. The Labute approximate surface area is 156 Å². The average Bonchev–Trinajstić information content (AvgIpc) is 2.61. The van der Waals surface area contributed by atoms with Crippen molar-refractivity contribution >= 4 is 33.2 Å². The van der Waals surface area contributed by atoms with Crippen molar-refractivity contribution in [1.82, 2.24) is 4.72 Å². The lowest BCUT2D eigenvalue weighted by Crippen LogP contribution is -2.28. The van der Waals surface area contributed by atoms with Crippen LogP contribution in [0.5, 0.6) is 17.2 Å². The lowest BCUT2D eigenvalue weighted by Gasteiger charge is -2.12. The fraction of sp³-hybridized carbons (Fsp3) is 0.250. The van der Waals surface area contributed by atoms with Gasteiger partial charge in [-0.25, -0.2) is 13.1 Å². The Balaban J connectivity index is 1.99. The summed E-state index contributed by atoms with van der Waals surface area (Å²) in [6.07, 6.45) is 0. The number of nitrogens with one attached hydrogen (secondary N) is 1. The first kappa shape index (κ1) is 19.7. The summed E-state index contributed by atoms with van der Waals surface area (Å²) in [5.41, 5.74) is 0. The van der Waals surface area contributed by atoms with Gasteiger partial charge in [0.15, 0.2) is 0 Å². The lowest BCUT2D eigenvalue weighted by molar-refractivity contribution is 0.320. The first-order valence-corrected chi connectivity index (χ1v) is 9.41. The summed E-state index contributed by atoms with van der Waals surface area (Å²) in [4.78, 5) is -0.124. The topological polar surface area (TPSA) is 73.9 Å². The van der Waals surface area contributed by atoms with Crippen molar-refractivity contribution in [3.05, 3.63) is 46.4 Å². The molecule has 0 amide bonds. The smallest absolute Gasteiger partial charge is 0.242 e. The number of hydrogen-bond acceptors (Lipinski definition) is 5. The normalized spacial score (nSPS) is 11.2. The Morgan fingerprint density at radius 3 is 2.40 bits per heavy atom. The first-order valence-electron chi connectivity index (χ1n) is 7.17. The van der Waals surface area contributed by atoms with Gasteiger partial charge in [-0.05, 0) is 24.3 Å². The van der Waals surface area contributed by atoms with Gasteiger partial charge in [0.1, 0.15) is 33.8 Å². The summed E-state index contributed by atoms with van der Waals surface area (Å²) in [5.74, 6) is 1.52. The number of sulfonamides is 1. The predicted molar refractivity (Wildman–Crippen MR) is 96.7 cm³/mol. The second-order valence-corrected chi connectivity index (χ2v) is 7.31. The summed E-state index contributed by atoms with van der Waals surface area (Å²) in [6, 6.07) is 9.78. The molecule has 0 spiro atoms. The fourth-order valence-electron chi connectivity index (χ4n) is 1.99. The van der Waals surface area contributed by atoms with Crippen LogP contribution in [0.15, 0.2) is 41.3 Å². The maximum Gasteiger partial charge on any atom is 0.242 e. The molecule has 136 valence electrons. The molecule has 0 unspecified atom stereocenters. The quantitative estimate of drug-likeness (QED) is 0.681. The minimum atomic E-state index is -3.83. The zero-order valence-corrected chi connectivity index (χ0v) is 15.9. The molecule has 0 saturated heterocycles. The number of ether oxygens (including phenoxy) is 3. The van der Waals surface area contributed by atoms with Crippen LogP contribution >= 0.6 is 23.2 Å². The van der Waals surface area contributed by atoms with Gasteiger partial charge in [-0.1, -0.05) is 29.3 Å². The zero-order valence-electron chi connectivity index (χ0n) is 13.6. The maximum atomic E-state index is 12.3. The Kier molecular flexibility index (Phi) is 6.78. The maximum absolute atomic E-state index is 12.3. The molecule has 2 aromatic carbocycles. The van der Waals surface area contributed by atoms with Crippen LogP contribution in [0.3, 0.4) is 0 Å². The molecule has 0 atom stereocenters. The SMILES string of the molecule is COc1cccc(OCCNS(=O)(=O)c2ccc(OC)c(Cl)c2Cl)c1. The van der Waals surface area contributed by atoms with Gasteiger partial charge in [-0.2, -0.15) is 0 Å². The van der Waals surface area contributed by atoms with E-state index < -0.39 is 10.0 Å². The van der Waals surface area contributed by atoms with E-state index in [0.29, 0.717) is 17.2 Å². The monoisotopic (exact) mass is 405 g/mol. The Morgan fingerprint density at radius 2 is 1.72 bits per heavy atom. The Morgan fingerprint density at radius 1 is 1.00 bits per heavy atom. The van der Waals surface area contributed by atoms with Crippen molar-refractivity contribution in [3.63, 3.8) is 0 Å². The van der Waals surface area contributed by atoms with Gasteiger partial charge >= 0.3 is 0 Å². The second-order valence-electron chi connectivity index (χ2n) is 4.82. The minimum Gasteiger partial charge on any atom is -0.497 e. The summed E-state index contributed by atoms with van der Waals surface area (Å²) in [6.45, 7) is 0.188. The fourth-order valence-corrected chi connectivity index (χ4v) is 3.84. The highest BCUT2D eigenvalue weighted by Gasteiger charge is 2.21. The molecule has 0 aliphatic heterocycles. The number of hydrogen-bond donors (Lipinski definition) is 1. The highest BCUT2D eigenvalue weighted by Crippen LogP contribution is 2.36. The van der Waals surface area contributed by atoms with Crippen LogP contribution < -0.4 is 18.9 Å². The molecule has 0 aliphatic carbocycles. The van der Waals surface area contributed by atoms with Gasteiger partial charge in [0.2, 0.25) is 10.0 Å². The van der Waals surface area contributed by atoms with Crippen molar-refractivity contribution in [3.8, 4) is 17.2 Å². The van der Waals surface area contributed by atoms with Crippen molar-refractivity contribution in [2.24, 2.45) is 0 Å². The van der Waals surface area contributed by atoms with Gasteiger partial charge in [0, 0.05) is 12.6 Å². The summed E-state index contributed by atoms with van der Waals surface area (Å²) < 4.78 is 42.7. The van der Waals surface area contributed by atoms with Crippen LogP contribution in [0, 0.1) is 0 Å². The Bertz CT molecular complexity index is 842. The number of halogens is 2. The van der Waals surface area contributed by atoms with Crippen LogP contribution in [0.25, 0.3) is 0 Å². The first-order chi connectivity index (χ1) is 11.9. The van der Waals surface area contributed by atoms with E-state index in [0.717, 1.165) is 0 Å². The average molecular weight is 406 g/mol. The van der Waals surface area contributed by atoms with Gasteiger partial charge in [-0.15, -0.1) is 0 Å². The van der Waals surface area contributed by atoms with Crippen LogP contribution in [0.2, 0.25) is 10.0 Å². The van der Waals surface area contributed by atoms with Crippen LogP contribution in [-0.4, -0.2) is 35.8 Å². The lowest BCUT2D eigenvalue weighted by atomic mass is 10.3. The van der Waals surface area contributed by atoms with Crippen molar-refractivity contribution < 1.29 is 22.6 Å². The minimum absolute atomic E-state index is 0.0414. The highest BCUT2D eigenvalue weighted by atomic mass is 35.5. The number of benzene rings is 2. The van der Waals surface area contributed by atoms with Gasteiger partial charge < -0.3 is 14.2 Å². The third-order valence-electron chi connectivity index (χ3n) is 3.22.